The Morgan fingerprint density at radius 1 is 1.05 bits per heavy atom. The van der Waals surface area contributed by atoms with Gasteiger partial charge in [-0.15, -0.1) is 0 Å². The van der Waals surface area contributed by atoms with Crippen LogP contribution < -0.4 is 10.2 Å². The number of hydrogen-bond donors (Lipinski definition) is 1. The van der Waals surface area contributed by atoms with Gasteiger partial charge in [-0.05, 0) is 43.3 Å². The van der Waals surface area contributed by atoms with Gasteiger partial charge >= 0.3 is 0 Å². The van der Waals surface area contributed by atoms with Gasteiger partial charge in [-0.3, -0.25) is 4.40 Å². The van der Waals surface area contributed by atoms with Crippen molar-refractivity contribution < 1.29 is 0 Å². The molecule has 4 nitrogen and oxygen atoms in total. The fourth-order valence-electron chi connectivity index (χ4n) is 2.24. The lowest BCUT2D eigenvalue weighted by molar-refractivity contribution is 1.13. The van der Waals surface area contributed by atoms with E-state index in [1.54, 1.807) is 0 Å². The molecule has 0 radical (unpaired) electrons. The van der Waals surface area contributed by atoms with Crippen LogP contribution in [0.5, 0.6) is 0 Å². The average molecular weight is 266 g/mol. The molecule has 2 heterocycles. The number of aryl methyl sites for hydroxylation is 1. The highest BCUT2D eigenvalue weighted by Crippen LogP contribution is 2.23. The first-order valence-electron chi connectivity index (χ1n) is 6.63. The normalized spacial score (nSPS) is 10.8. The van der Waals surface area contributed by atoms with E-state index >= 15 is 0 Å². The predicted octanol–water partition coefficient (Wildman–Crippen LogP) is 3.45. The maximum atomic E-state index is 4.55. The molecule has 1 N–H and O–H groups in total. The molecule has 0 saturated carbocycles. The molecule has 3 aromatic rings. The van der Waals surface area contributed by atoms with Crippen LogP contribution in [-0.4, -0.2) is 23.5 Å². The highest BCUT2D eigenvalue weighted by atomic mass is 15.1. The molecule has 0 aliphatic heterocycles. The summed E-state index contributed by atoms with van der Waals surface area (Å²) in [6.45, 7) is 2.02. The first-order chi connectivity index (χ1) is 9.65. The lowest BCUT2D eigenvalue weighted by Crippen LogP contribution is -2.08. The molecule has 102 valence electrons. The SMILES string of the molecule is Cc1nc2ccccn2c1Nc1ccc(N(C)C)cc1. The van der Waals surface area contributed by atoms with E-state index in [9.17, 15) is 0 Å². The zero-order valence-electron chi connectivity index (χ0n) is 12.0. The molecule has 0 spiro atoms. The lowest BCUT2D eigenvalue weighted by atomic mass is 10.2. The summed E-state index contributed by atoms with van der Waals surface area (Å²) in [5.74, 6) is 1.01. The molecule has 20 heavy (non-hydrogen) atoms. The molecule has 0 fully saturated rings. The summed E-state index contributed by atoms with van der Waals surface area (Å²) in [6.07, 6.45) is 2.02. The van der Waals surface area contributed by atoms with Gasteiger partial charge in [-0.25, -0.2) is 4.98 Å². The fraction of sp³-hybridized carbons (Fsp3) is 0.188. The van der Waals surface area contributed by atoms with E-state index in [4.69, 9.17) is 0 Å². The molecule has 0 amide bonds. The Labute approximate surface area is 118 Å². The molecule has 0 unspecified atom stereocenters. The van der Waals surface area contributed by atoms with E-state index in [0.29, 0.717) is 0 Å². The summed E-state index contributed by atoms with van der Waals surface area (Å²) in [6, 6.07) is 14.4. The van der Waals surface area contributed by atoms with E-state index in [2.05, 4.69) is 43.9 Å². The summed E-state index contributed by atoms with van der Waals surface area (Å²) in [5.41, 5.74) is 4.19. The van der Waals surface area contributed by atoms with Gasteiger partial charge in [0.15, 0.2) is 0 Å². The number of fused-ring (bicyclic) bond motifs is 1. The van der Waals surface area contributed by atoms with Crippen molar-refractivity contribution >= 4 is 22.8 Å². The van der Waals surface area contributed by atoms with Crippen LogP contribution in [0, 0.1) is 6.92 Å². The van der Waals surface area contributed by atoms with Crippen LogP contribution in [0.4, 0.5) is 17.2 Å². The van der Waals surface area contributed by atoms with Gasteiger partial charge in [0.1, 0.15) is 11.5 Å². The van der Waals surface area contributed by atoms with Crippen molar-refractivity contribution in [1.82, 2.24) is 9.38 Å². The summed E-state index contributed by atoms with van der Waals surface area (Å²) >= 11 is 0. The number of nitrogens with zero attached hydrogens (tertiary/aromatic N) is 3. The molecule has 0 saturated heterocycles. The Kier molecular flexibility index (Phi) is 3.06. The van der Waals surface area contributed by atoms with Crippen LogP contribution in [0.25, 0.3) is 5.65 Å². The largest absolute Gasteiger partial charge is 0.378 e. The maximum Gasteiger partial charge on any atom is 0.138 e. The summed E-state index contributed by atoms with van der Waals surface area (Å²) in [5, 5.41) is 3.44. The minimum Gasteiger partial charge on any atom is -0.378 e. The van der Waals surface area contributed by atoms with Crippen LogP contribution in [0.2, 0.25) is 0 Å². The van der Waals surface area contributed by atoms with Gasteiger partial charge in [0.2, 0.25) is 0 Å². The number of aromatic nitrogens is 2. The molecule has 2 aromatic heterocycles. The number of pyridine rings is 1. The third kappa shape index (κ3) is 2.20. The van der Waals surface area contributed by atoms with Gasteiger partial charge in [0.25, 0.3) is 0 Å². The van der Waals surface area contributed by atoms with Gasteiger partial charge in [0, 0.05) is 31.7 Å². The Morgan fingerprint density at radius 3 is 2.50 bits per heavy atom. The second kappa shape index (κ2) is 4.89. The Balaban J connectivity index is 1.94. The minimum absolute atomic E-state index is 0.956. The summed E-state index contributed by atoms with van der Waals surface area (Å²) < 4.78 is 2.06. The van der Waals surface area contributed by atoms with Gasteiger partial charge in [-0.2, -0.15) is 0 Å². The third-order valence-corrected chi connectivity index (χ3v) is 3.35. The van der Waals surface area contributed by atoms with Gasteiger partial charge in [0.05, 0.1) is 5.69 Å². The average Bonchev–Trinajstić information content (AvgIpc) is 2.76. The van der Waals surface area contributed by atoms with Gasteiger partial charge in [-0.1, -0.05) is 6.07 Å². The zero-order chi connectivity index (χ0) is 14.1. The Morgan fingerprint density at radius 2 is 1.80 bits per heavy atom. The molecular formula is C16H18N4. The van der Waals surface area contributed by atoms with Crippen molar-refractivity contribution in [3.63, 3.8) is 0 Å². The predicted molar refractivity (Wildman–Crippen MR) is 84.0 cm³/mol. The molecular weight excluding hydrogens is 248 g/mol. The Bertz CT molecular complexity index is 726. The molecule has 1 aromatic carbocycles. The van der Waals surface area contributed by atoms with Crippen LogP contribution in [0.15, 0.2) is 48.7 Å². The highest BCUT2D eigenvalue weighted by Gasteiger charge is 2.08. The lowest BCUT2D eigenvalue weighted by Gasteiger charge is -2.13. The summed E-state index contributed by atoms with van der Waals surface area (Å²) in [7, 11) is 4.08. The molecule has 0 aliphatic carbocycles. The van der Waals surface area contributed by atoms with Crippen LogP contribution >= 0.6 is 0 Å². The van der Waals surface area contributed by atoms with Crippen molar-refractivity contribution in [2.75, 3.05) is 24.3 Å². The quantitative estimate of drug-likeness (QED) is 0.788. The number of rotatable bonds is 3. The van der Waals surface area contributed by atoms with E-state index in [0.717, 1.165) is 22.8 Å². The molecule has 3 rings (SSSR count). The Hall–Kier alpha value is -2.49. The maximum absolute atomic E-state index is 4.55. The number of benzene rings is 1. The van der Waals surface area contributed by atoms with Crippen LogP contribution in [0.3, 0.4) is 0 Å². The third-order valence-electron chi connectivity index (χ3n) is 3.35. The highest BCUT2D eigenvalue weighted by molar-refractivity contribution is 5.65. The molecule has 0 bridgehead atoms. The van der Waals surface area contributed by atoms with Crippen molar-refractivity contribution in [3.05, 3.63) is 54.4 Å². The number of anilines is 3. The molecule has 4 heteroatoms. The second-order valence-electron chi connectivity index (χ2n) is 5.04. The first kappa shape index (κ1) is 12.5. The molecule has 0 aliphatic rings. The number of imidazole rings is 1. The van der Waals surface area contributed by atoms with Gasteiger partial charge < -0.3 is 10.2 Å². The van der Waals surface area contributed by atoms with E-state index in [-0.39, 0.29) is 0 Å². The minimum atomic E-state index is 0.956. The standard InChI is InChI=1S/C16H18N4/c1-12-16(20-11-5-4-6-15(20)17-12)18-13-7-9-14(10-8-13)19(2)3/h4-11,18H,1-3H3. The second-order valence-corrected chi connectivity index (χ2v) is 5.04. The van der Waals surface area contributed by atoms with Crippen molar-refractivity contribution in [3.8, 4) is 0 Å². The fourth-order valence-corrected chi connectivity index (χ4v) is 2.24. The van der Waals surface area contributed by atoms with E-state index in [1.807, 2.05) is 45.4 Å². The van der Waals surface area contributed by atoms with Crippen molar-refractivity contribution in [2.24, 2.45) is 0 Å². The first-order valence-corrected chi connectivity index (χ1v) is 6.63. The van der Waals surface area contributed by atoms with Crippen molar-refractivity contribution in [1.29, 1.82) is 0 Å². The monoisotopic (exact) mass is 266 g/mol. The van der Waals surface area contributed by atoms with Crippen LogP contribution in [-0.2, 0) is 0 Å². The number of hydrogen-bond acceptors (Lipinski definition) is 3. The smallest absolute Gasteiger partial charge is 0.138 e. The zero-order valence-corrected chi connectivity index (χ0v) is 12.0. The van der Waals surface area contributed by atoms with Crippen LogP contribution in [0.1, 0.15) is 5.69 Å². The van der Waals surface area contributed by atoms with E-state index in [1.165, 1.54) is 5.69 Å². The number of nitrogens with one attached hydrogen (secondary N) is 1. The van der Waals surface area contributed by atoms with E-state index < -0.39 is 0 Å². The molecule has 0 atom stereocenters. The van der Waals surface area contributed by atoms with Crippen molar-refractivity contribution in [2.45, 2.75) is 6.92 Å². The topological polar surface area (TPSA) is 32.6 Å². The summed E-state index contributed by atoms with van der Waals surface area (Å²) in [4.78, 5) is 6.63.